The molecule has 27 heavy (non-hydrogen) atoms. The van der Waals surface area contributed by atoms with Gasteiger partial charge in [0.2, 0.25) is 0 Å². The Bertz CT molecular complexity index is 304. The second-order valence-corrected chi connectivity index (χ2v) is 8.39. The van der Waals surface area contributed by atoms with Crippen LogP contribution < -0.4 is 0 Å². The number of carboxylic acids is 1. The maximum absolute atomic E-state index is 10.4. The van der Waals surface area contributed by atoms with E-state index in [9.17, 15) is 9.90 Å². The molecule has 0 aromatic heterocycles. The van der Waals surface area contributed by atoms with Crippen LogP contribution in [0.4, 0.5) is 0 Å². The fraction of sp³-hybridized carbons (Fsp3) is 0.958. The number of aliphatic carboxylic acids is 1. The molecule has 2 N–H and O–H groups in total. The van der Waals surface area contributed by atoms with Crippen molar-refractivity contribution in [3.05, 3.63) is 0 Å². The molecule has 0 aliphatic carbocycles. The molecule has 0 fully saturated rings. The Labute approximate surface area is 169 Å². The lowest BCUT2D eigenvalue weighted by Gasteiger charge is -2.08. The van der Waals surface area contributed by atoms with Crippen LogP contribution in [0.15, 0.2) is 0 Å². The van der Waals surface area contributed by atoms with E-state index in [1.807, 2.05) is 0 Å². The first-order chi connectivity index (χ1) is 13.2. The Morgan fingerprint density at radius 1 is 0.593 bits per heavy atom. The van der Waals surface area contributed by atoms with Gasteiger partial charge in [0.05, 0.1) is 6.10 Å². The van der Waals surface area contributed by atoms with Crippen LogP contribution in [-0.2, 0) is 4.79 Å². The number of unbranched alkanes of at least 4 members (excludes halogenated alkanes) is 16. The topological polar surface area (TPSA) is 57.5 Å². The number of hydrogen-bond acceptors (Lipinski definition) is 2. The lowest BCUT2D eigenvalue weighted by molar-refractivity contribution is -0.137. The summed E-state index contributed by atoms with van der Waals surface area (Å²) in [6.07, 6.45) is 25.4. The molecule has 0 aliphatic rings. The van der Waals surface area contributed by atoms with Gasteiger partial charge in [-0.15, -0.1) is 0 Å². The Kier molecular flexibility index (Phi) is 21.3. The molecule has 3 nitrogen and oxygen atoms in total. The average Bonchev–Trinajstić information content (AvgIpc) is 2.63. The third-order valence-corrected chi connectivity index (χ3v) is 5.55. The van der Waals surface area contributed by atoms with Gasteiger partial charge in [-0.1, -0.05) is 116 Å². The zero-order chi connectivity index (χ0) is 20.0. The molecule has 0 saturated carbocycles. The monoisotopic (exact) mass is 384 g/mol. The largest absolute Gasteiger partial charge is 0.481 e. The van der Waals surface area contributed by atoms with E-state index in [2.05, 4.69) is 6.92 Å². The Morgan fingerprint density at radius 3 is 1.26 bits per heavy atom. The molecule has 1 atom stereocenters. The molecule has 0 rings (SSSR count). The van der Waals surface area contributed by atoms with Crippen LogP contribution in [0.3, 0.4) is 0 Å². The van der Waals surface area contributed by atoms with Gasteiger partial charge in [-0.05, 0) is 19.3 Å². The van der Waals surface area contributed by atoms with Crippen LogP contribution in [0.1, 0.15) is 142 Å². The van der Waals surface area contributed by atoms with Crippen LogP contribution >= 0.6 is 0 Å². The molecular formula is C24H48O3. The molecule has 0 saturated heterocycles. The minimum Gasteiger partial charge on any atom is -0.481 e. The van der Waals surface area contributed by atoms with Crippen molar-refractivity contribution in [3.8, 4) is 0 Å². The van der Waals surface area contributed by atoms with Gasteiger partial charge >= 0.3 is 5.97 Å². The van der Waals surface area contributed by atoms with Crippen molar-refractivity contribution in [2.75, 3.05) is 0 Å². The van der Waals surface area contributed by atoms with Gasteiger partial charge in [0.15, 0.2) is 0 Å². The van der Waals surface area contributed by atoms with Gasteiger partial charge in [-0.25, -0.2) is 0 Å². The van der Waals surface area contributed by atoms with Crippen LogP contribution in [0, 0.1) is 0 Å². The second-order valence-electron chi connectivity index (χ2n) is 8.39. The van der Waals surface area contributed by atoms with Crippen LogP contribution in [-0.4, -0.2) is 22.3 Å². The number of carboxylic acid groups (broad SMARTS) is 1. The maximum Gasteiger partial charge on any atom is 0.303 e. The number of carbonyl (C=O) groups is 1. The van der Waals surface area contributed by atoms with Gasteiger partial charge in [0.1, 0.15) is 0 Å². The fourth-order valence-corrected chi connectivity index (χ4v) is 3.79. The summed E-state index contributed by atoms with van der Waals surface area (Å²) in [6.45, 7) is 2.14. The SMILES string of the molecule is CCCC(O)CCCCCCCCCCCCCCCCCCCC(=O)O. The number of rotatable bonds is 22. The molecule has 0 amide bonds. The fourth-order valence-electron chi connectivity index (χ4n) is 3.79. The Hall–Kier alpha value is -0.570. The molecule has 1 unspecified atom stereocenters. The predicted octanol–water partition coefficient (Wildman–Crippen LogP) is 7.64. The average molecular weight is 385 g/mol. The highest BCUT2D eigenvalue weighted by molar-refractivity contribution is 5.66. The lowest BCUT2D eigenvalue weighted by atomic mass is 10.0. The standard InChI is InChI=1S/C24H48O3/c1-2-20-23(25)21-18-16-14-12-10-8-6-4-3-5-7-9-11-13-15-17-19-22-24(26)27/h23,25H,2-22H2,1H3,(H,26,27). The summed E-state index contributed by atoms with van der Waals surface area (Å²) in [6, 6.07) is 0. The van der Waals surface area contributed by atoms with E-state index in [1.54, 1.807) is 0 Å². The van der Waals surface area contributed by atoms with E-state index >= 15 is 0 Å². The maximum atomic E-state index is 10.4. The van der Waals surface area contributed by atoms with Crippen LogP contribution in [0.5, 0.6) is 0 Å². The highest BCUT2D eigenvalue weighted by atomic mass is 16.4. The minimum atomic E-state index is -0.659. The first kappa shape index (κ1) is 26.4. The van der Waals surface area contributed by atoms with Crippen molar-refractivity contribution in [1.29, 1.82) is 0 Å². The smallest absolute Gasteiger partial charge is 0.303 e. The Morgan fingerprint density at radius 2 is 0.926 bits per heavy atom. The molecule has 0 heterocycles. The molecule has 3 heteroatoms. The third-order valence-electron chi connectivity index (χ3n) is 5.55. The highest BCUT2D eigenvalue weighted by Crippen LogP contribution is 2.15. The zero-order valence-corrected chi connectivity index (χ0v) is 18.2. The summed E-state index contributed by atoms with van der Waals surface area (Å²) in [5.41, 5.74) is 0. The molecule has 0 aromatic carbocycles. The number of aliphatic hydroxyl groups excluding tert-OH is 1. The highest BCUT2D eigenvalue weighted by Gasteiger charge is 2.01. The van der Waals surface area contributed by atoms with E-state index in [1.165, 1.54) is 96.3 Å². The van der Waals surface area contributed by atoms with Crippen molar-refractivity contribution in [2.24, 2.45) is 0 Å². The molecule has 0 aromatic rings. The van der Waals surface area contributed by atoms with Crippen molar-refractivity contribution < 1.29 is 15.0 Å². The molecule has 0 spiro atoms. The number of hydrogen-bond donors (Lipinski definition) is 2. The van der Waals surface area contributed by atoms with Crippen molar-refractivity contribution >= 4 is 5.97 Å². The summed E-state index contributed by atoms with van der Waals surface area (Å²) >= 11 is 0. The lowest BCUT2D eigenvalue weighted by Crippen LogP contribution is -2.04. The molecular weight excluding hydrogens is 336 g/mol. The van der Waals surface area contributed by atoms with Gasteiger partial charge < -0.3 is 10.2 Å². The van der Waals surface area contributed by atoms with Crippen molar-refractivity contribution in [3.63, 3.8) is 0 Å². The van der Waals surface area contributed by atoms with Crippen molar-refractivity contribution in [2.45, 2.75) is 148 Å². The predicted molar refractivity (Wildman–Crippen MR) is 116 cm³/mol. The number of aliphatic hydroxyl groups is 1. The minimum absolute atomic E-state index is 0.0567. The molecule has 0 aliphatic heterocycles. The third kappa shape index (κ3) is 23.4. The van der Waals surface area contributed by atoms with Gasteiger partial charge in [-0.3, -0.25) is 4.79 Å². The van der Waals surface area contributed by atoms with Gasteiger partial charge in [-0.2, -0.15) is 0 Å². The first-order valence-electron chi connectivity index (χ1n) is 12.1. The molecule has 0 radical (unpaired) electrons. The summed E-state index contributed by atoms with van der Waals surface area (Å²) in [4.78, 5) is 10.4. The first-order valence-corrected chi connectivity index (χ1v) is 12.1. The summed E-state index contributed by atoms with van der Waals surface area (Å²) < 4.78 is 0. The van der Waals surface area contributed by atoms with E-state index in [4.69, 9.17) is 5.11 Å². The van der Waals surface area contributed by atoms with E-state index < -0.39 is 5.97 Å². The van der Waals surface area contributed by atoms with Crippen LogP contribution in [0.25, 0.3) is 0 Å². The zero-order valence-electron chi connectivity index (χ0n) is 18.2. The molecule has 0 bridgehead atoms. The van der Waals surface area contributed by atoms with E-state index in [-0.39, 0.29) is 6.10 Å². The summed E-state index contributed by atoms with van der Waals surface area (Å²) in [5, 5.41) is 18.3. The summed E-state index contributed by atoms with van der Waals surface area (Å²) in [7, 11) is 0. The molecule has 162 valence electrons. The van der Waals surface area contributed by atoms with E-state index in [0.717, 1.165) is 32.1 Å². The van der Waals surface area contributed by atoms with E-state index in [0.29, 0.717) is 6.42 Å². The summed E-state index contributed by atoms with van der Waals surface area (Å²) in [5.74, 6) is -0.659. The van der Waals surface area contributed by atoms with Gasteiger partial charge in [0, 0.05) is 6.42 Å². The quantitative estimate of drug-likeness (QED) is 0.188. The Balaban J connectivity index is 3.04. The van der Waals surface area contributed by atoms with Crippen LogP contribution in [0.2, 0.25) is 0 Å². The second kappa shape index (κ2) is 21.7. The van der Waals surface area contributed by atoms with Crippen molar-refractivity contribution in [1.82, 2.24) is 0 Å². The normalized spacial score (nSPS) is 12.4. The van der Waals surface area contributed by atoms with Gasteiger partial charge in [0.25, 0.3) is 0 Å².